The molecule has 0 aliphatic carbocycles. The van der Waals surface area contributed by atoms with Crippen LogP contribution in [0.5, 0.6) is 17.2 Å². The summed E-state index contributed by atoms with van der Waals surface area (Å²) in [4.78, 5) is 4.53. The highest BCUT2D eigenvalue weighted by Crippen LogP contribution is 2.38. The topological polar surface area (TPSA) is 86.8 Å². The SMILES string of the molecule is CCOc1ccc2ncc(S(=O)(=O)c3ccc(Cl)cc3)c(Nc3ccc(OC)c(OC)c3)c2c1. The van der Waals surface area contributed by atoms with E-state index in [1.165, 1.54) is 37.6 Å². The number of nitrogens with one attached hydrogen (secondary N) is 1. The summed E-state index contributed by atoms with van der Waals surface area (Å²) in [7, 11) is -0.847. The molecule has 0 aliphatic rings. The van der Waals surface area contributed by atoms with Gasteiger partial charge in [-0.3, -0.25) is 4.98 Å². The summed E-state index contributed by atoms with van der Waals surface area (Å²) in [5.41, 5.74) is 1.59. The fourth-order valence-electron chi connectivity index (χ4n) is 3.54. The van der Waals surface area contributed by atoms with E-state index in [1.807, 2.05) is 6.92 Å². The molecule has 0 amide bonds. The number of rotatable bonds is 8. The van der Waals surface area contributed by atoms with E-state index in [2.05, 4.69) is 10.3 Å². The highest BCUT2D eigenvalue weighted by molar-refractivity contribution is 7.91. The van der Waals surface area contributed by atoms with Crippen molar-refractivity contribution in [2.45, 2.75) is 16.7 Å². The van der Waals surface area contributed by atoms with Crippen LogP contribution in [0.25, 0.3) is 10.9 Å². The number of methoxy groups -OCH3 is 2. The second-order valence-electron chi connectivity index (χ2n) is 7.26. The summed E-state index contributed by atoms with van der Waals surface area (Å²) in [5, 5.41) is 4.30. The van der Waals surface area contributed by atoms with Crippen molar-refractivity contribution in [3.8, 4) is 17.2 Å². The van der Waals surface area contributed by atoms with Gasteiger partial charge in [0.2, 0.25) is 9.84 Å². The lowest BCUT2D eigenvalue weighted by atomic mass is 10.1. The Morgan fingerprint density at radius 2 is 1.68 bits per heavy atom. The number of anilines is 2. The van der Waals surface area contributed by atoms with Gasteiger partial charge in [-0.1, -0.05) is 11.6 Å². The van der Waals surface area contributed by atoms with E-state index in [0.717, 1.165) is 0 Å². The second-order valence-corrected chi connectivity index (χ2v) is 9.62. The third kappa shape index (κ3) is 4.60. The first-order chi connectivity index (χ1) is 16.4. The highest BCUT2D eigenvalue weighted by Gasteiger charge is 2.24. The molecule has 34 heavy (non-hydrogen) atoms. The number of fused-ring (bicyclic) bond motifs is 1. The average molecular weight is 499 g/mol. The Kier molecular flexibility index (Phi) is 6.81. The molecule has 9 heteroatoms. The first kappa shape index (κ1) is 23.7. The molecule has 3 aromatic carbocycles. The van der Waals surface area contributed by atoms with E-state index < -0.39 is 9.84 Å². The standard InChI is InChI=1S/C25H23ClN2O5S/c1-4-33-18-8-11-21-20(14-18)25(28-17-7-12-22(31-2)23(13-17)32-3)24(15-27-21)34(29,30)19-9-5-16(26)6-10-19/h5-15H,4H2,1-3H3,(H,27,28). The maximum Gasteiger partial charge on any atom is 0.210 e. The molecule has 0 bridgehead atoms. The van der Waals surface area contributed by atoms with Crippen molar-refractivity contribution in [2.24, 2.45) is 0 Å². The zero-order chi connectivity index (χ0) is 24.3. The average Bonchev–Trinajstić information content (AvgIpc) is 2.84. The van der Waals surface area contributed by atoms with Gasteiger partial charge in [-0.05, 0) is 61.5 Å². The van der Waals surface area contributed by atoms with Crippen molar-refractivity contribution in [1.82, 2.24) is 4.98 Å². The molecule has 0 fully saturated rings. The van der Waals surface area contributed by atoms with Crippen molar-refractivity contribution >= 4 is 43.7 Å². The molecule has 4 rings (SSSR count). The van der Waals surface area contributed by atoms with Gasteiger partial charge in [0.05, 0.1) is 36.9 Å². The van der Waals surface area contributed by atoms with E-state index in [0.29, 0.717) is 51.2 Å². The van der Waals surface area contributed by atoms with E-state index in [9.17, 15) is 8.42 Å². The minimum Gasteiger partial charge on any atom is -0.494 e. The van der Waals surface area contributed by atoms with E-state index in [-0.39, 0.29) is 9.79 Å². The normalized spacial score (nSPS) is 11.3. The van der Waals surface area contributed by atoms with E-state index in [4.69, 9.17) is 25.8 Å². The third-order valence-electron chi connectivity index (χ3n) is 5.18. The lowest BCUT2D eigenvalue weighted by Crippen LogP contribution is -2.07. The number of hydrogen-bond donors (Lipinski definition) is 1. The molecule has 0 saturated heterocycles. The molecule has 4 aromatic rings. The van der Waals surface area contributed by atoms with Crippen molar-refractivity contribution in [3.63, 3.8) is 0 Å². The van der Waals surface area contributed by atoms with Crippen LogP contribution >= 0.6 is 11.6 Å². The quantitative estimate of drug-likeness (QED) is 0.324. The van der Waals surface area contributed by atoms with Gasteiger partial charge < -0.3 is 19.5 Å². The number of hydrogen-bond acceptors (Lipinski definition) is 7. The number of ether oxygens (including phenoxy) is 3. The minimum atomic E-state index is -3.93. The molecule has 0 unspecified atom stereocenters. The summed E-state index contributed by atoms with van der Waals surface area (Å²) in [6.07, 6.45) is 1.36. The number of sulfone groups is 1. The van der Waals surface area contributed by atoms with Crippen LogP contribution in [0.2, 0.25) is 5.02 Å². The zero-order valence-electron chi connectivity index (χ0n) is 18.8. The van der Waals surface area contributed by atoms with Crippen LogP contribution in [-0.4, -0.2) is 34.2 Å². The fourth-order valence-corrected chi connectivity index (χ4v) is 5.04. The largest absolute Gasteiger partial charge is 0.494 e. The van der Waals surface area contributed by atoms with Gasteiger partial charge in [0.25, 0.3) is 0 Å². The Morgan fingerprint density at radius 1 is 0.941 bits per heavy atom. The van der Waals surface area contributed by atoms with Crippen LogP contribution in [0.3, 0.4) is 0 Å². The summed E-state index contributed by atoms with van der Waals surface area (Å²) in [5.74, 6) is 1.66. The molecule has 1 heterocycles. The number of pyridine rings is 1. The smallest absolute Gasteiger partial charge is 0.210 e. The van der Waals surface area contributed by atoms with Crippen LogP contribution in [0.4, 0.5) is 11.4 Å². The van der Waals surface area contributed by atoms with Gasteiger partial charge in [-0.15, -0.1) is 0 Å². The van der Waals surface area contributed by atoms with Gasteiger partial charge in [0.15, 0.2) is 11.5 Å². The number of benzene rings is 3. The van der Waals surface area contributed by atoms with Gasteiger partial charge in [-0.25, -0.2) is 8.42 Å². The van der Waals surface area contributed by atoms with Gasteiger partial charge in [-0.2, -0.15) is 0 Å². The molecule has 0 saturated carbocycles. The van der Waals surface area contributed by atoms with Crippen molar-refractivity contribution < 1.29 is 22.6 Å². The number of halogens is 1. The number of aromatic nitrogens is 1. The van der Waals surface area contributed by atoms with Crippen LogP contribution in [0.15, 0.2) is 76.7 Å². The van der Waals surface area contributed by atoms with Gasteiger partial charge in [0, 0.05) is 28.4 Å². The highest BCUT2D eigenvalue weighted by atomic mass is 35.5. The fraction of sp³-hybridized carbons (Fsp3) is 0.160. The molecular weight excluding hydrogens is 476 g/mol. The molecule has 0 radical (unpaired) electrons. The number of nitrogens with zero attached hydrogens (tertiary/aromatic N) is 1. The van der Waals surface area contributed by atoms with Gasteiger partial charge in [0.1, 0.15) is 10.6 Å². The Bertz CT molecular complexity index is 1440. The van der Waals surface area contributed by atoms with Crippen molar-refractivity contribution in [2.75, 3.05) is 26.1 Å². The molecule has 0 atom stereocenters. The van der Waals surface area contributed by atoms with E-state index >= 15 is 0 Å². The Balaban J connectivity index is 1.94. The van der Waals surface area contributed by atoms with Crippen LogP contribution in [0, 0.1) is 0 Å². The third-order valence-corrected chi connectivity index (χ3v) is 7.22. The first-order valence-corrected chi connectivity index (χ1v) is 12.3. The van der Waals surface area contributed by atoms with Crippen LogP contribution in [-0.2, 0) is 9.84 Å². The Labute approximate surface area is 203 Å². The molecular formula is C25H23ClN2O5S. The molecule has 0 spiro atoms. The van der Waals surface area contributed by atoms with Crippen molar-refractivity contribution in [1.29, 1.82) is 0 Å². The predicted molar refractivity (Wildman–Crippen MR) is 133 cm³/mol. The first-order valence-electron chi connectivity index (χ1n) is 10.4. The minimum absolute atomic E-state index is 0.0192. The zero-order valence-corrected chi connectivity index (χ0v) is 20.4. The predicted octanol–water partition coefficient (Wildman–Crippen LogP) is 5.88. The second kappa shape index (κ2) is 9.79. The summed E-state index contributed by atoms with van der Waals surface area (Å²) >= 11 is 5.97. The van der Waals surface area contributed by atoms with Crippen molar-refractivity contribution in [3.05, 3.63) is 71.9 Å². The lowest BCUT2D eigenvalue weighted by molar-refractivity contribution is 0.340. The monoisotopic (exact) mass is 498 g/mol. The Morgan fingerprint density at radius 3 is 2.35 bits per heavy atom. The lowest BCUT2D eigenvalue weighted by Gasteiger charge is -2.17. The van der Waals surface area contributed by atoms with Crippen LogP contribution < -0.4 is 19.5 Å². The molecule has 0 aliphatic heterocycles. The molecule has 1 aromatic heterocycles. The molecule has 7 nitrogen and oxygen atoms in total. The molecule has 1 N–H and O–H groups in total. The maximum absolute atomic E-state index is 13.6. The van der Waals surface area contributed by atoms with Gasteiger partial charge >= 0.3 is 0 Å². The summed E-state index contributed by atoms with van der Waals surface area (Å²) in [6.45, 7) is 2.35. The summed E-state index contributed by atoms with van der Waals surface area (Å²) < 4.78 is 43.6. The Hall–Kier alpha value is -3.49. The van der Waals surface area contributed by atoms with Crippen LogP contribution in [0.1, 0.15) is 6.92 Å². The maximum atomic E-state index is 13.6. The van der Waals surface area contributed by atoms with E-state index in [1.54, 1.807) is 43.5 Å². The molecule has 176 valence electrons. The summed E-state index contributed by atoms with van der Waals surface area (Å²) in [6, 6.07) is 16.6.